The average Bonchev–Trinajstić information content (AvgIpc) is 3.16. The molecule has 3 rings (SSSR count). The second-order valence-electron chi connectivity index (χ2n) is 8.52. The number of amides is 1. The van der Waals surface area contributed by atoms with Gasteiger partial charge in [-0.1, -0.05) is 38.1 Å². The van der Waals surface area contributed by atoms with E-state index in [-0.39, 0.29) is 27.8 Å². The van der Waals surface area contributed by atoms with Crippen LogP contribution in [0.4, 0.5) is 11.5 Å². The molecule has 180 valence electrons. The van der Waals surface area contributed by atoms with Gasteiger partial charge in [0.05, 0.1) is 4.90 Å². The predicted molar refractivity (Wildman–Crippen MR) is 133 cm³/mol. The SMILES string of the molecule is Cc1cc(NS(=O)(=O)c2ccc(NC(=S)NC(=O)COc3ccc(C(C)(C)C)cc3)cc2)no1. The lowest BCUT2D eigenvalue weighted by Gasteiger charge is -2.19. The number of carbonyl (C=O) groups is 1. The third kappa shape index (κ3) is 7.03. The number of nitrogens with zero attached hydrogens (tertiary/aromatic N) is 1. The number of aryl methyl sites for hydroxylation is 1. The van der Waals surface area contributed by atoms with Crippen molar-refractivity contribution < 1.29 is 22.5 Å². The summed E-state index contributed by atoms with van der Waals surface area (Å²) in [4.78, 5) is 12.2. The van der Waals surface area contributed by atoms with E-state index in [4.69, 9.17) is 21.5 Å². The molecule has 11 heteroatoms. The second-order valence-corrected chi connectivity index (χ2v) is 10.6. The lowest BCUT2D eigenvalue weighted by atomic mass is 9.87. The number of carbonyl (C=O) groups excluding carboxylic acids is 1. The number of hydrogen-bond acceptors (Lipinski definition) is 7. The summed E-state index contributed by atoms with van der Waals surface area (Å²) in [6.45, 7) is 7.80. The Morgan fingerprint density at radius 1 is 1.09 bits per heavy atom. The van der Waals surface area contributed by atoms with Crippen molar-refractivity contribution in [3.63, 3.8) is 0 Å². The van der Waals surface area contributed by atoms with Crippen LogP contribution in [0.1, 0.15) is 32.1 Å². The van der Waals surface area contributed by atoms with Gasteiger partial charge in [0, 0.05) is 11.8 Å². The van der Waals surface area contributed by atoms with E-state index in [1.165, 1.54) is 30.3 Å². The van der Waals surface area contributed by atoms with Gasteiger partial charge in [0.25, 0.3) is 15.9 Å². The van der Waals surface area contributed by atoms with Gasteiger partial charge in [-0.3, -0.25) is 14.8 Å². The Bertz CT molecular complexity index is 1260. The molecular weight excluding hydrogens is 476 g/mol. The molecule has 3 N–H and O–H groups in total. The highest BCUT2D eigenvalue weighted by atomic mass is 32.2. The van der Waals surface area contributed by atoms with Crippen LogP contribution in [0.2, 0.25) is 0 Å². The van der Waals surface area contributed by atoms with E-state index in [1.807, 2.05) is 24.3 Å². The molecule has 2 aromatic carbocycles. The van der Waals surface area contributed by atoms with Gasteiger partial charge in [-0.25, -0.2) is 8.42 Å². The van der Waals surface area contributed by atoms with E-state index in [2.05, 4.69) is 41.3 Å². The fourth-order valence-electron chi connectivity index (χ4n) is 2.85. The first kappa shape index (κ1) is 25.2. The standard InChI is InChI=1S/C23H26N4O5S2/c1-15-13-20(26-32-15)27-34(29,30)19-11-7-17(8-12-19)24-22(33)25-21(28)14-31-18-9-5-16(6-10-18)23(2,3)4/h5-13H,14H2,1-4H3,(H,26,27)(H2,24,25,28,33). The number of hydrogen-bond donors (Lipinski definition) is 3. The van der Waals surface area contributed by atoms with Gasteiger partial charge in [-0.15, -0.1) is 0 Å². The van der Waals surface area contributed by atoms with Crippen LogP contribution in [0.3, 0.4) is 0 Å². The van der Waals surface area contributed by atoms with Crippen LogP contribution in [-0.2, 0) is 20.2 Å². The number of rotatable bonds is 7. The largest absolute Gasteiger partial charge is 0.484 e. The Kier molecular flexibility index (Phi) is 7.57. The Labute approximate surface area is 203 Å². The molecule has 0 atom stereocenters. The smallest absolute Gasteiger partial charge is 0.264 e. The van der Waals surface area contributed by atoms with E-state index in [0.717, 1.165) is 5.56 Å². The van der Waals surface area contributed by atoms with Crippen molar-refractivity contribution >= 4 is 44.8 Å². The fraction of sp³-hybridized carbons (Fsp3) is 0.261. The number of sulfonamides is 1. The van der Waals surface area contributed by atoms with Crippen LogP contribution >= 0.6 is 12.2 Å². The van der Waals surface area contributed by atoms with Crippen molar-refractivity contribution in [3.8, 4) is 5.75 Å². The molecule has 0 saturated carbocycles. The summed E-state index contributed by atoms with van der Waals surface area (Å²) in [5, 5.41) is 9.02. The third-order valence-corrected chi connectivity index (χ3v) is 6.21. The lowest BCUT2D eigenvalue weighted by Crippen LogP contribution is -2.37. The summed E-state index contributed by atoms with van der Waals surface area (Å²) in [5.41, 5.74) is 1.70. The molecule has 1 heterocycles. The van der Waals surface area contributed by atoms with Crippen LogP contribution in [0.15, 0.2) is 64.0 Å². The molecule has 0 unspecified atom stereocenters. The van der Waals surface area contributed by atoms with Crippen molar-refractivity contribution in [1.82, 2.24) is 10.5 Å². The van der Waals surface area contributed by atoms with Gasteiger partial charge < -0.3 is 14.6 Å². The molecule has 0 radical (unpaired) electrons. The van der Waals surface area contributed by atoms with E-state index < -0.39 is 15.9 Å². The zero-order valence-electron chi connectivity index (χ0n) is 19.2. The van der Waals surface area contributed by atoms with Crippen molar-refractivity contribution in [3.05, 3.63) is 65.9 Å². The van der Waals surface area contributed by atoms with Crippen molar-refractivity contribution in [2.75, 3.05) is 16.6 Å². The molecule has 0 spiro atoms. The van der Waals surface area contributed by atoms with E-state index in [9.17, 15) is 13.2 Å². The highest BCUT2D eigenvalue weighted by Crippen LogP contribution is 2.24. The van der Waals surface area contributed by atoms with E-state index >= 15 is 0 Å². The first-order valence-electron chi connectivity index (χ1n) is 10.3. The van der Waals surface area contributed by atoms with Gasteiger partial charge in [-0.2, -0.15) is 0 Å². The quantitative estimate of drug-likeness (QED) is 0.415. The molecule has 9 nitrogen and oxygen atoms in total. The summed E-state index contributed by atoms with van der Waals surface area (Å²) in [7, 11) is -3.83. The number of anilines is 2. The number of nitrogens with one attached hydrogen (secondary N) is 3. The first-order valence-corrected chi connectivity index (χ1v) is 12.2. The van der Waals surface area contributed by atoms with Gasteiger partial charge in [0.2, 0.25) is 0 Å². The summed E-state index contributed by atoms with van der Waals surface area (Å²) >= 11 is 5.15. The number of thiocarbonyl (C=S) groups is 1. The van der Waals surface area contributed by atoms with Crippen molar-refractivity contribution in [1.29, 1.82) is 0 Å². The average molecular weight is 503 g/mol. The number of aromatic nitrogens is 1. The molecule has 3 aromatic rings. The van der Waals surface area contributed by atoms with Crippen LogP contribution in [0.5, 0.6) is 5.75 Å². The Morgan fingerprint density at radius 2 is 1.74 bits per heavy atom. The van der Waals surface area contributed by atoms with Crippen molar-refractivity contribution in [2.45, 2.75) is 38.0 Å². The zero-order valence-corrected chi connectivity index (χ0v) is 20.8. The summed E-state index contributed by atoms with van der Waals surface area (Å²) in [6, 6.07) is 14.9. The van der Waals surface area contributed by atoms with Crippen LogP contribution in [0.25, 0.3) is 0 Å². The minimum atomic E-state index is -3.83. The fourth-order valence-corrected chi connectivity index (χ4v) is 4.07. The topological polar surface area (TPSA) is 123 Å². The van der Waals surface area contributed by atoms with Gasteiger partial charge in [0.1, 0.15) is 11.5 Å². The molecule has 1 aromatic heterocycles. The Morgan fingerprint density at radius 3 is 2.29 bits per heavy atom. The highest BCUT2D eigenvalue weighted by molar-refractivity contribution is 7.92. The third-order valence-electron chi connectivity index (χ3n) is 4.63. The maximum atomic E-state index is 12.4. The molecular formula is C23H26N4O5S2. The molecule has 0 aliphatic heterocycles. The van der Waals surface area contributed by atoms with Gasteiger partial charge in [-0.05, 0) is 66.5 Å². The van der Waals surface area contributed by atoms with Crippen LogP contribution in [0, 0.1) is 6.92 Å². The van der Waals surface area contributed by atoms with Crippen LogP contribution in [-0.4, -0.2) is 31.2 Å². The highest BCUT2D eigenvalue weighted by Gasteiger charge is 2.17. The monoisotopic (exact) mass is 502 g/mol. The molecule has 0 aliphatic carbocycles. The molecule has 0 bridgehead atoms. The number of ether oxygens (including phenoxy) is 1. The van der Waals surface area contributed by atoms with E-state index in [0.29, 0.717) is 17.2 Å². The van der Waals surface area contributed by atoms with Gasteiger partial charge >= 0.3 is 0 Å². The molecule has 0 fully saturated rings. The second kappa shape index (κ2) is 10.2. The van der Waals surface area contributed by atoms with Crippen molar-refractivity contribution in [2.24, 2.45) is 0 Å². The maximum Gasteiger partial charge on any atom is 0.264 e. The summed E-state index contributed by atoms with van der Waals surface area (Å²) in [5.74, 6) is 0.726. The summed E-state index contributed by atoms with van der Waals surface area (Å²) in [6.07, 6.45) is 0. The molecule has 0 aliphatic rings. The number of benzene rings is 2. The zero-order chi connectivity index (χ0) is 24.9. The van der Waals surface area contributed by atoms with Crippen LogP contribution < -0.4 is 20.1 Å². The molecule has 34 heavy (non-hydrogen) atoms. The Balaban J connectivity index is 1.49. The first-order chi connectivity index (χ1) is 15.9. The molecule has 1 amide bonds. The van der Waals surface area contributed by atoms with Gasteiger partial charge in [0.15, 0.2) is 17.5 Å². The molecule has 0 saturated heterocycles. The predicted octanol–water partition coefficient (Wildman–Crippen LogP) is 3.97. The van der Waals surface area contributed by atoms with E-state index in [1.54, 1.807) is 6.92 Å². The summed E-state index contributed by atoms with van der Waals surface area (Å²) < 4.78 is 37.6. The lowest BCUT2D eigenvalue weighted by molar-refractivity contribution is -0.121. The minimum absolute atomic E-state index is 0.0273. The normalized spacial score (nSPS) is 11.5. The Hall–Kier alpha value is -3.44. The minimum Gasteiger partial charge on any atom is -0.484 e. The maximum absolute atomic E-state index is 12.4.